The van der Waals surface area contributed by atoms with Gasteiger partial charge in [-0.25, -0.2) is 0 Å². The van der Waals surface area contributed by atoms with E-state index in [4.69, 9.17) is 27.4 Å². The summed E-state index contributed by atoms with van der Waals surface area (Å²) in [5.41, 5.74) is 2.06. The molecule has 0 heterocycles. The minimum Gasteiger partial charge on any atom is -0.377 e. The third-order valence-corrected chi connectivity index (χ3v) is 6.22. The Kier molecular flexibility index (Phi) is 7.44. The number of nitriles is 1. The van der Waals surface area contributed by atoms with Crippen LogP contribution in [0.5, 0.6) is 5.75 Å². The lowest BCUT2D eigenvalue weighted by atomic mass is 10.1. The number of anilines is 1. The van der Waals surface area contributed by atoms with Crippen LogP contribution in [0.25, 0.3) is 6.08 Å². The fraction of sp³-hybridized carbons (Fsp3) is 0.0833. The van der Waals surface area contributed by atoms with E-state index in [0.717, 1.165) is 11.1 Å². The molecule has 0 bridgehead atoms. The molecule has 6 nitrogen and oxygen atoms in total. The minimum absolute atomic E-state index is 0.0547. The number of benzene rings is 3. The third kappa shape index (κ3) is 6.14. The summed E-state index contributed by atoms with van der Waals surface area (Å²) >= 11 is 12.3. The maximum absolute atomic E-state index is 12.8. The standard InChI is InChI=1S/C24H18Cl2N2O4S/c1-15-6-8-21(9-7-15)33(30,31)32-23-17(12-19(25)13-22(23)26)11-18(14-27)24(29)28-20-5-3-4-16(2)10-20/h3-13H,1-2H3,(H,28,29)/b18-11+. The topological polar surface area (TPSA) is 96.3 Å². The van der Waals surface area contributed by atoms with Crippen molar-refractivity contribution in [1.82, 2.24) is 0 Å². The number of amides is 1. The maximum atomic E-state index is 12.8. The van der Waals surface area contributed by atoms with Crippen molar-refractivity contribution in [2.45, 2.75) is 18.7 Å². The molecular formula is C24H18Cl2N2O4S. The van der Waals surface area contributed by atoms with Crippen LogP contribution in [-0.4, -0.2) is 14.3 Å². The zero-order valence-corrected chi connectivity index (χ0v) is 19.9. The van der Waals surface area contributed by atoms with E-state index in [1.807, 2.05) is 26.0 Å². The van der Waals surface area contributed by atoms with Gasteiger partial charge in [0, 0.05) is 16.3 Å². The van der Waals surface area contributed by atoms with Crippen molar-refractivity contribution in [2.24, 2.45) is 0 Å². The molecule has 0 aliphatic carbocycles. The van der Waals surface area contributed by atoms with E-state index in [2.05, 4.69) is 5.32 Å². The number of carbonyl (C=O) groups excluding carboxylic acids is 1. The first kappa shape index (κ1) is 24.3. The van der Waals surface area contributed by atoms with Crippen LogP contribution in [0.1, 0.15) is 16.7 Å². The zero-order valence-electron chi connectivity index (χ0n) is 17.6. The summed E-state index contributed by atoms with van der Waals surface area (Å²) in [5.74, 6) is -0.940. The first-order valence-corrected chi connectivity index (χ1v) is 11.8. The zero-order chi connectivity index (χ0) is 24.2. The number of halogens is 2. The second kappa shape index (κ2) is 10.1. The van der Waals surface area contributed by atoms with Gasteiger partial charge in [-0.15, -0.1) is 0 Å². The van der Waals surface area contributed by atoms with Crippen molar-refractivity contribution >= 4 is 51.0 Å². The first-order chi connectivity index (χ1) is 15.6. The van der Waals surface area contributed by atoms with E-state index < -0.39 is 16.0 Å². The van der Waals surface area contributed by atoms with Gasteiger partial charge in [0.1, 0.15) is 16.5 Å². The van der Waals surface area contributed by atoms with Gasteiger partial charge in [-0.1, -0.05) is 53.0 Å². The second-order valence-electron chi connectivity index (χ2n) is 7.15. The van der Waals surface area contributed by atoms with Gasteiger partial charge in [0.05, 0.1) is 5.02 Å². The van der Waals surface area contributed by atoms with Crippen molar-refractivity contribution in [3.63, 3.8) is 0 Å². The number of nitrogens with one attached hydrogen (secondary N) is 1. The Labute approximate surface area is 202 Å². The quantitative estimate of drug-likeness (QED) is 0.257. The van der Waals surface area contributed by atoms with Crippen LogP contribution in [0, 0.1) is 25.2 Å². The van der Waals surface area contributed by atoms with Crippen LogP contribution in [0.15, 0.2) is 71.1 Å². The Morgan fingerprint density at radius 2 is 1.73 bits per heavy atom. The molecule has 168 valence electrons. The van der Waals surface area contributed by atoms with E-state index in [1.54, 1.807) is 30.3 Å². The highest BCUT2D eigenvalue weighted by Crippen LogP contribution is 2.36. The van der Waals surface area contributed by atoms with Crippen molar-refractivity contribution in [2.75, 3.05) is 5.32 Å². The molecule has 3 rings (SSSR count). The van der Waals surface area contributed by atoms with E-state index in [0.29, 0.717) is 5.69 Å². The molecule has 0 fully saturated rings. The molecule has 0 radical (unpaired) electrons. The maximum Gasteiger partial charge on any atom is 0.339 e. The van der Waals surface area contributed by atoms with Gasteiger partial charge in [-0.3, -0.25) is 4.79 Å². The lowest BCUT2D eigenvalue weighted by Crippen LogP contribution is -2.14. The predicted octanol–water partition coefficient (Wildman–Crippen LogP) is 5.92. The number of carbonyl (C=O) groups is 1. The molecule has 3 aromatic carbocycles. The molecule has 0 saturated heterocycles. The van der Waals surface area contributed by atoms with E-state index in [-0.39, 0.29) is 31.8 Å². The molecule has 0 atom stereocenters. The SMILES string of the molecule is Cc1ccc(S(=O)(=O)Oc2c(Cl)cc(Cl)cc2/C=C(\C#N)C(=O)Nc2cccc(C)c2)cc1. The lowest BCUT2D eigenvalue weighted by Gasteiger charge is -2.13. The summed E-state index contributed by atoms with van der Waals surface area (Å²) in [4.78, 5) is 12.6. The van der Waals surface area contributed by atoms with Gasteiger partial charge in [0.25, 0.3) is 5.91 Å². The van der Waals surface area contributed by atoms with Crippen LogP contribution in [0.3, 0.4) is 0 Å². The van der Waals surface area contributed by atoms with Gasteiger partial charge in [0.2, 0.25) is 0 Å². The fourth-order valence-electron chi connectivity index (χ4n) is 2.86. The summed E-state index contributed by atoms with van der Waals surface area (Å²) in [6.45, 7) is 3.68. The van der Waals surface area contributed by atoms with Gasteiger partial charge < -0.3 is 9.50 Å². The molecule has 0 aromatic heterocycles. The number of aryl methyl sites for hydroxylation is 2. The monoisotopic (exact) mass is 500 g/mol. The first-order valence-electron chi connectivity index (χ1n) is 9.59. The Hall–Kier alpha value is -3.31. The van der Waals surface area contributed by atoms with Gasteiger partial charge in [0.15, 0.2) is 5.75 Å². The van der Waals surface area contributed by atoms with Gasteiger partial charge in [-0.2, -0.15) is 13.7 Å². The molecule has 0 unspecified atom stereocenters. The Bertz CT molecular complexity index is 1390. The van der Waals surface area contributed by atoms with Gasteiger partial charge in [-0.05, 0) is 61.9 Å². The molecule has 3 aromatic rings. The van der Waals surface area contributed by atoms with Crippen LogP contribution in [0.4, 0.5) is 5.69 Å². The highest BCUT2D eigenvalue weighted by molar-refractivity contribution is 7.87. The molecule has 9 heteroatoms. The average molecular weight is 501 g/mol. The van der Waals surface area contributed by atoms with Crippen molar-refractivity contribution in [1.29, 1.82) is 5.26 Å². The summed E-state index contributed by atoms with van der Waals surface area (Å²) in [5, 5.41) is 12.3. The largest absolute Gasteiger partial charge is 0.377 e. The molecule has 0 spiro atoms. The third-order valence-electron chi connectivity index (χ3n) is 4.48. The highest BCUT2D eigenvalue weighted by Gasteiger charge is 2.22. The lowest BCUT2D eigenvalue weighted by molar-refractivity contribution is -0.112. The van der Waals surface area contributed by atoms with Crippen molar-refractivity contribution < 1.29 is 17.4 Å². The highest BCUT2D eigenvalue weighted by atomic mass is 35.5. The molecular weight excluding hydrogens is 483 g/mol. The van der Waals surface area contributed by atoms with Crippen LogP contribution < -0.4 is 9.50 Å². The normalized spacial score (nSPS) is 11.5. The predicted molar refractivity (Wildman–Crippen MR) is 129 cm³/mol. The Morgan fingerprint density at radius 3 is 2.36 bits per heavy atom. The summed E-state index contributed by atoms with van der Waals surface area (Å²) in [7, 11) is -4.24. The molecule has 1 N–H and O–H groups in total. The average Bonchev–Trinajstić information content (AvgIpc) is 2.74. The molecule has 0 saturated carbocycles. The minimum atomic E-state index is -4.24. The summed E-state index contributed by atoms with van der Waals surface area (Å²) in [6, 6.07) is 17.6. The summed E-state index contributed by atoms with van der Waals surface area (Å²) in [6.07, 6.45) is 1.17. The van der Waals surface area contributed by atoms with Crippen molar-refractivity contribution in [3.05, 3.63) is 93.0 Å². The Balaban J connectivity index is 2.00. The number of hydrogen-bond acceptors (Lipinski definition) is 5. The molecule has 33 heavy (non-hydrogen) atoms. The second-order valence-corrected chi connectivity index (χ2v) is 9.54. The van der Waals surface area contributed by atoms with Crippen LogP contribution in [-0.2, 0) is 14.9 Å². The van der Waals surface area contributed by atoms with Crippen LogP contribution in [0.2, 0.25) is 10.0 Å². The Morgan fingerprint density at radius 1 is 1.03 bits per heavy atom. The number of nitrogens with zero attached hydrogens (tertiary/aromatic N) is 1. The fourth-order valence-corrected chi connectivity index (χ4v) is 4.43. The van der Waals surface area contributed by atoms with E-state index in [1.165, 1.54) is 30.3 Å². The smallest absolute Gasteiger partial charge is 0.339 e. The molecule has 1 amide bonds. The number of rotatable bonds is 6. The van der Waals surface area contributed by atoms with E-state index >= 15 is 0 Å². The molecule has 0 aliphatic rings. The van der Waals surface area contributed by atoms with Crippen molar-refractivity contribution in [3.8, 4) is 11.8 Å². The van der Waals surface area contributed by atoms with Gasteiger partial charge >= 0.3 is 10.1 Å². The van der Waals surface area contributed by atoms with E-state index in [9.17, 15) is 18.5 Å². The number of hydrogen-bond donors (Lipinski definition) is 1. The van der Waals surface area contributed by atoms with Crippen LogP contribution >= 0.6 is 23.2 Å². The summed E-state index contributed by atoms with van der Waals surface area (Å²) < 4.78 is 30.9. The molecule has 0 aliphatic heterocycles.